The fraction of sp³-hybridized carbons (Fsp3) is 0.200. The van der Waals surface area contributed by atoms with E-state index in [1.165, 1.54) is 6.07 Å². The summed E-state index contributed by atoms with van der Waals surface area (Å²) in [6, 6.07) is 10.7. The standard InChI is InChI=1S/C20H17NO4/c1-11-7-18(23)25-17-6-12(2)16(8-15(11)17)21-9-13-4-3-5-14(10-22)19(13)20(21)24/h3-8,22H,9-10H2,1-2H3. The molecule has 0 bridgehead atoms. The predicted molar refractivity (Wildman–Crippen MR) is 94.8 cm³/mol. The molecule has 0 fully saturated rings. The fourth-order valence-corrected chi connectivity index (χ4v) is 3.51. The van der Waals surface area contributed by atoms with Gasteiger partial charge in [0.05, 0.1) is 18.7 Å². The predicted octanol–water partition coefficient (Wildman–Crippen LogP) is 3.06. The van der Waals surface area contributed by atoms with Gasteiger partial charge in [-0.1, -0.05) is 18.2 Å². The van der Waals surface area contributed by atoms with Crippen molar-refractivity contribution in [3.05, 3.63) is 74.6 Å². The summed E-state index contributed by atoms with van der Waals surface area (Å²) in [5.74, 6) is -0.114. The van der Waals surface area contributed by atoms with Crippen molar-refractivity contribution in [1.82, 2.24) is 0 Å². The summed E-state index contributed by atoms with van der Waals surface area (Å²) < 4.78 is 5.27. The third-order valence-electron chi connectivity index (χ3n) is 4.75. The highest BCUT2D eigenvalue weighted by atomic mass is 16.4. The van der Waals surface area contributed by atoms with E-state index in [4.69, 9.17) is 4.42 Å². The van der Waals surface area contributed by atoms with Crippen molar-refractivity contribution in [2.75, 3.05) is 4.90 Å². The molecule has 4 rings (SSSR count). The number of benzene rings is 2. The molecule has 0 aliphatic carbocycles. The van der Waals surface area contributed by atoms with Crippen LogP contribution >= 0.6 is 0 Å². The summed E-state index contributed by atoms with van der Waals surface area (Å²) in [7, 11) is 0. The molecule has 3 aromatic rings. The van der Waals surface area contributed by atoms with Crippen LogP contribution < -0.4 is 10.5 Å². The molecule has 0 unspecified atom stereocenters. The highest BCUT2D eigenvalue weighted by molar-refractivity contribution is 6.12. The Balaban J connectivity index is 1.87. The smallest absolute Gasteiger partial charge is 0.336 e. The van der Waals surface area contributed by atoms with Crippen molar-refractivity contribution >= 4 is 22.6 Å². The maximum absolute atomic E-state index is 12.9. The zero-order valence-corrected chi connectivity index (χ0v) is 14.0. The molecule has 2 aromatic carbocycles. The highest BCUT2D eigenvalue weighted by Crippen LogP contribution is 2.34. The number of aliphatic hydroxyl groups excluding tert-OH is 1. The molecule has 0 atom stereocenters. The van der Waals surface area contributed by atoms with Gasteiger partial charge < -0.3 is 14.4 Å². The molecule has 0 saturated heterocycles. The summed E-state index contributed by atoms with van der Waals surface area (Å²) >= 11 is 0. The molecule has 5 nitrogen and oxygen atoms in total. The minimum absolute atomic E-state index is 0.114. The number of nitrogens with zero attached hydrogens (tertiary/aromatic N) is 1. The number of anilines is 1. The minimum Gasteiger partial charge on any atom is -0.423 e. The summed E-state index contributed by atoms with van der Waals surface area (Å²) in [6.07, 6.45) is 0. The Morgan fingerprint density at radius 3 is 2.68 bits per heavy atom. The minimum atomic E-state index is -0.380. The zero-order chi connectivity index (χ0) is 17.7. The van der Waals surface area contributed by atoms with Crippen LogP contribution in [0.25, 0.3) is 11.0 Å². The Morgan fingerprint density at radius 1 is 1.12 bits per heavy atom. The van der Waals surface area contributed by atoms with E-state index in [1.54, 1.807) is 17.0 Å². The van der Waals surface area contributed by atoms with Crippen molar-refractivity contribution in [2.45, 2.75) is 27.0 Å². The van der Waals surface area contributed by atoms with E-state index in [0.717, 1.165) is 27.8 Å². The normalized spacial score (nSPS) is 13.6. The first-order valence-electron chi connectivity index (χ1n) is 8.08. The zero-order valence-electron chi connectivity index (χ0n) is 14.0. The molecule has 25 heavy (non-hydrogen) atoms. The Hall–Kier alpha value is -2.92. The number of hydrogen-bond donors (Lipinski definition) is 1. The second-order valence-corrected chi connectivity index (χ2v) is 6.38. The van der Waals surface area contributed by atoms with Crippen LogP contribution in [-0.4, -0.2) is 11.0 Å². The average molecular weight is 335 g/mol. The van der Waals surface area contributed by atoms with Crippen LogP contribution in [0.4, 0.5) is 5.69 Å². The van der Waals surface area contributed by atoms with Gasteiger partial charge in [0.1, 0.15) is 5.58 Å². The molecule has 1 aliphatic rings. The topological polar surface area (TPSA) is 70.8 Å². The summed E-state index contributed by atoms with van der Waals surface area (Å²) in [6.45, 7) is 4.04. The monoisotopic (exact) mass is 335 g/mol. The number of aliphatic hydroxyl groups is 1. The van der Waals surface area contributed by atoms with Crippen LogP contribution in [-0.2, 0) is 13.2 Å². The molecule has 0 radical (unpaired) electrons. The molecule has 0 spiro atoms. The van der Waals surface area contributed by atoms with E-state index >= 15 is 0 Å². The van der Waals surface area contributed by atoms with Gasteiger partial charge in [-0.2, -0.15) is 0 Å². The number of amides is 1. The lowest BCUT2D eigenvalue weighted by Crippen LogP contribution is -2.24. The van der Waals surface area contributed by atoms with Gasteiger partial charge in [0.15, 0.2) is 0 Å². The first-order valence-corrected chi connectivity index (χ1v) is 8.08. The van der Waals surface area contributed by atoms with Gasteiger partial charge in [-0.15, -0.1) is 0 Å². The van der Waals surface area contributed by atoms with Gasteiger partial charge >= 0.3 is 5.63 Å². The van der Waals surface area contributed by atoms with Crippen LogP contribution in [0.2, 0.25) is 0 Å². The van der Waals surface area contributed by atoms with Crippen LogP contribution in [0.15, 0.2) is 45.6 Å². The molecular formula is C20H17NO4. The average Bonchev–Trinajstić information content (AvgIpc) is 2.91. The molecule has 0 saturated carbocycles. The molecule has 126 valence electrons. The first kappa shape index (κ1) is 15.6. The number of fused-ring (bicyclic) bond motifs is 2. The van der Waals surface area contributed by atoms with E-state index in [-0.39, 0.29) is 18.1 Å². The second-order valence-electron chi connectivity index (χ2n) is 6.38. The molecular weight excluding hydrogens is 318 g/mol. The van der Waals surface area contributed by atoms with E-state index in [9.17, 15) is 14.7 Å². The molecule has 5 heteroatoms. The third-order valence-corrected chi connectivity index (χ3v) is 4.75. The van der Waals surface area contributed by atoms with Gasteiger partial charge in [0.25, 0.3) is 5.91 Å². The van der Waals surface area contributed by atoms with Crippen LogP contribution in [0.1, 0.15) is 32.6 Å². The van der Waals surface area contributed by atoms with Crippen molar-refractivity contribution in [1.29, 1.82) is 0 Å². The Bertz CT molecular complexity index is 1080. The fourth-order valence-electron chi connectivity index (χ4n) is 3.51. The second kappa shape index (κ2) is 5.57. The van der Waals surface area contributed by atoms with Crippen LogP contribution in [0.3, 0.4) is 0 Å². The highest BCUT2D eigenvalue weighted by Gasteiger charge is 2.31. The molecule has 1 aromatic heterocycles. The van der Waals surface area contributed by atoms with Crippen LogP contribution in [0.5, 0.6) is 0 Å². The maximum Gasteiger partial charge on any atom is 0.336 e. The molecule has 1 aliphatic heterocycles. The van der Waals surface area contributed by atoms with E-state index < -0.39 is 0 Å². The molecule has 1 amide bonds. The van der Waals surface area contributed by atoms with Crippen molar-refractivity contribution in [3.63, 3.8) is 0 Å². The van der Waals surface area contributed by atoms with Gasteiger partial charge in [-0.05, 0) is 48.2 Å². The summed E-state index contributed by atoms with van der Waals surface area (Å²) in [5, 5.41) is 10.3. The lowest BCUT2D eigenvalue weighted by atomic mass is 10.0. The lowest BCUT2D eigenvalue weighted by molar-refractivity contribution is 0.0994. The van der Waals surface area contributed by atoms with Gasteiger partial charge in [-0.3, -0.25) is 4.79 Å². The number of carbonyl (C=O) groups is 1. The van der Waals surface area contributed by atoms with Crippen molar-refractivity contribution < 1.29 is 14.3 Å². The summed E-state index contributed by atoms with van der Waals surface area (Å²) in [4.78, 5) is 26.2. The number of carbonyl (C=O) groups excluding carboxylic acids is 1. The SMILES string of the molecule is Cc1cc2oc(=O)cc(C)c2cc1N1Cc2cccc(CO)c2C1=O. The van der Waals surface area contributed by atoms with Crippen LogP contribution in [0, 0.1) is 13.8 Å². The maximum atomic E-state index is 12.9. The molecule has 1 N–H and O–H groups in total. The lowest BCUT2D eigenvalue weighted by Gasteiger charge is -2.19. The Labute approximate surface area is 144 Å². The Morgan fingerprint density at radius 2 is 1.92 bits per heavy atom. The quantitative estimate of drug-likeness (QED) is 0.731. The number of aryl methyl sites for hydroxylation is 2. The summed E-state index contributed by atoms with van der Waals surface area (Å²) in [5.41, 5.74) is 4.73. The van der Waals surface area contributed by atoms with Gasteiger partial charge in [-0.25, -0.2) is 4.79 Å². The number of rotatable bonds is 2. The van der Waals surface area contributed by atoms with Gasteiger partial charge in [0, 0.05) is 17.1 Å². The molecule has 2 heterocycles. The first-order chi connectivity index (χ1) is 12.0. The van der Waals surface area contributed by atoms with E-state index in [0.29, 0.717) is 23.3 Å². The Kier molecular flexibility index (Phi) is 3.47. The largest absolute Gasteiger partial charge is 0.423 e. The van der Waals surface area contributed by atoms with Crippen molar-refractivity contribution in [2.24, 2.45) is 0 Å². The number of hydrogen-bond acceptors (Lipinski definition) is 4. The third kappa shape index (κ3) is 2.36. The van der Waals surface area contributed by atoms with Gasteiger partial charge in [0.2, 0.25) is 0 Å². The van der Waals surface area contributed by atoms with E-state index in [1.807, 2.05) is 32.0 Å². The van der Waals surface area contributed by atoms with E-state index in [2.05, 4.69) is 0 Å². The van der Waals surface area contributed by atoms with Crippen molar-refractivity contribution in [3.8, 4) is 0 Å².